The maximum atomic E-state index is 5.61. The second kappa shape index (κ2) is 8.21. The molecule has 126 valence electrons. The molecule has 0 aliphatic heterocycles. The van der Waals surface area contributed by atoms with E-state index in [0.29, 0.717) is 22.6 Å². The normalized spacial score (nSPS) is 11.4. The van der Waals surface area contributed by atoms with Crippen LogP contribution in [0.4, 0.5) is 5.82 Å². The summed E-state index contributed by atoms with van der Waals surface area (Å²) in [5.74, 6) is 1.69. The summed E-state index contributed by atoms with van der Waals surface area (Å²) < 4.78 is 5.61. The Morgan fingerprint density at radius 3 is 2.24 bits per heavy atom. The molecule has 0 spiro atoms. The van der Waals surface area contributed by atoms with Crippen LogP contribution in [0.1, 0.15) is 18.5 Å². The third-order valence-electron chi connectivity index (χ3n) is 3.49. The molecular weight excluding hydrogens is 332 g/mol. The van der Waals surface area contributed by atoms with Gasteiger partial charge in [-0.05, 0) is 42.9 Å². The van der Waals surface area contributed by atoms with Gasteiger partial charge in [-0.1, -0.05) is 48.5 Å². The summed E-state index contributed by atoms with van der Waals surface area (Å²) in [4.78, 5) is 0. The zero-order chi connectivity index (χ0) is 17.5. The summed E-state index contributed by atoms with van der Waals surface area (Å²) in [5, 5.41) is 14.9. The molecule has 5 nitrogen and oxygen atoms in total. The quantitative estimate of drug-likeness (QED) is 0.669. The van der Waals surface area contributed by atoms with Crippen molar-refractivity contribution in [3.05, 3.63) is 78.4 Å². The highest BCUT2D eigenvalue weighted by Gasteiger charge is 2.07. The van der Waals surface area contributed by atoms with E-state index in [0.717, 1.165) is 5.56 Å². The molecular formula is C19H18N4OS. The first-order valence-electron chi connectivity index (χ1n) is 7.90. The molecule has 1 atom stereocenters. The van der Waals surface area contributed by atoms with Crippen LogP contribution < -0.4 is 15.4 Å². The van der Waals surface area contributed by atoms with Crippen LogP contribution in [0.5, 0.6) is 11.6 Å². The third kappa shape index (κ3) is 4.99. The van der Waals surface area contributed by atoms with Gasteiger partial charge in [0.05, 0.1) is 6.04 Å². The fourth-order valence-electron chi connectivity index (χ4n) is 2.22. The number of anilines is 1. The molecule has 3 rings (SSSR count). The summed E-state index contributed by atoms with van der Waals surface area (Å²) in [6, 6.07) is 23.1. The Bertz CT molecular complexity index is 810. The van der Waals surface area contributed by atoms with Gasteiger partial charge in [0.15, 0.2) is 10.9 Å². The highest BCUT2D eigenvalue weighted by molar-refractivity contribution is 7.80. The number of hydrogen-bond donors (Lipinski definition) is 2. The second-order valence-corrected chi connectivity index (χ2v) is 5.81. The molecule has 0 amide bonds. The first-order chi connectivity index (χ1) is 12.2. The Hall–Kier alpha value is -2.99. The van der Waals surface area contributed by atoms with Crippen LogP contribution >= 0.6 is 12.2 Å². The number of rotatable bonds is 5. The van der Waals surface area contributed by atoms with Crippen LogP contribution in [0.3, 0.4) is 0 Å². The monoisotopic (exact) mass is 350 g/mol. The summed E-state index contributed by atoms with van der Waals surface area (Å²) in [5.41, 5.74) is 1.16. The molecule has 6 heteroatoms. The van der Waals surface area contributed by atoms with Gasteiger partial charge in [0, 0.05) is 6.07 Å². The number of benzene rings is 2. The van der Waals surface area contributed by atoms with E-state index in [1.165, 1.54) is 0 Å². The van der Waals surface area contributed by atoms with Crippen LogP contribution in [-0.4, -0.2) is 15.3 Å². The molecule has 0 fully saturated rings. The summed E-state index contributed by atoms with van der Waals surface area (Å²) in [6.07, 6.45) is 0. The molecule has 0 aliphatic rings. The molecule has 0 saturated heterocycles. The van der Waals surface area contributed by atoms with Crippen molar-refractivity contribution in [1.82, 2.24) is 15.5 Å². The van der Waals surface area contributed by atoms with Crippen LogP contribution in [0.15, 0.2) is 72.8 Å². The highest BCUT2D eigenvalue weighted by Crippen LogP contribution is 2.18. The lowest BCUT2D eigenvalue weighted by molar-refractivity contribution is 0.455. The maximum Gasteiger partial charge on any atom is 0.238 e. The predicted molar refractivity (Wildman–Crippen MR) is 103 cm³/mol. The Kier molecular flexibility index (Phi) is 5.53. The molecule has 2 N–H and O–H groups in total. The van der Waals surface area contributed by atoms with E-state index < -0.39 is 0 Å². The van der Waals surface area contributed by atoms with Gasteiger partial charge in [0.1, 0.15) is 5.75 Å². The Morgan fingerprint density at radius 1 is 0.920 bits per heavy atom. The third-order valence-corrected chi connectivity index (χ3v) is 3.71. The summed E-state index contributed by atoms with van der Waals surface area (Å²) in [6.45, 7) is 2.05. The maximum absolute atomic E-state index is 5.61. The van der Waals surface area contributed by atoms with E-state index in [1.807, 2.05) is 55.5 Å². The van der Waals surface area contributed by atoms with Crippen LogP contribution in [0, 0.1) is 0 Å². The van der Waals surface area contributed by atoms with Gasteiger partial charge in [-0.3, -0.25) is 0 Å². The topological polar surface area (TPSA) is 59.1 Å². The number of hydrogen-bond acceptors (Lipinski definition) is 4. The average Bonchev–Trinajstić information content (AvgIpc) is 2.65. The number of ether oxygens (including phenoxy) is 1. The zero-order valence-electron chi connectivity index (χ0n) is 13.7. The molecule has 0 aliphatic carbocycles. The van der Waals surface area contributed by atoms with E-state index in [2.05, 4.69) is 33.0 Å². The van der Waals surface area contributed by atoms with Crippen molar-refractivity contribution in [3.63, 3.8) is 0 Å². The molecule has 1 aromatic heterocycles. The highest BCUT2D eigenvalue weighted by atomic mass is 32.1. The number of nitrogens with zero attached hydrogens (tertiary/aromatic N) is 2. The van der Waals surface area contributed by atoms with Gasteiger partial charge in [-0.25, -0.2) is 0 Å². The Labute approximate surface area is 152 Å². The summed E-state index contributed by atoms with van der Waals surface area (Å²) in [7, 11) is 0. The second-order valence-electron chi connectivity index (χ2n) is 5.40. The van der Waals surface area contributed by atoms with Crippen molar-refractivity contribution in [2.75, 3.05) is 5.32 Å². The number of aromatic nitrogens is 2. The van der Waals surface area contributed by atoms with Gasteiger partial charge in [-0.2, -0.15) is 0 Å². The fourth-order valence-corrected chi connectivity index (χ4v) is 2.51. The van der Waals surface area contributed by atoms with Gasteiger partial charge >= 0.3 is 0 Å². The van der Waals surface area contributed by atoms with Gasteiger partial charge in [-0.15, -0.1) is 10.2 Å². The van der Waals surface area contributed by atoms with Crippen molar-refractivity contribution < 1.29 is 4.74 Å². The van der Waals surface area contributed by atoms with Crippen molar-refractivity contribution in [2.24, 2.45) is 0 Å². The lowest BCUT2D eigenvalue weighted by Crippen LogP contribution is -2.31. The molecule has 3 aromatic rings. The molecule has 0 bridgehead atoms. The minimum atomic E-state index is 0.0925. The van der Waals surface area contributed by atoms with E-state index in [9.17, 15) is 0 Å². The molecule has 1 heterocycles. The van der Waals surface area contributed by atoms with E-state index in [1.54, 1.807) is 12.1 Å². The average molecular weight is 350 g/mol. The molecule has 25 heavy (non-hydrogen) atoms. The van der Waals surface area contributed by atoms with Gasteiger partial charge in [0.2, 0.25) is 5.88 Å². The zero-order valence-corrected chi connectivity index (χ0v) is 14.5. The van der Waals surface area contributed by atoms with Crippen molar-refractivity contribution >= 4 is 23.1 Å². The fraction of sp³-hybridized carbons (Fsp3) is 0.105. The minimum absolute atomic E-state index is 0.0925. The van der Waals surface area contributed by atoms with Crippen LogP contribution in [0.2, 0.25) is 0 Å². The first-order valence-corrected chi connectivity index (χ1v) is 8.30. The standard InChI is InChI=1S/C19H18N4OS/c1-14(15-8-4-2-5-9-15)20-19(25)21-17-12-13-18(23-22-17)24-16-10-6-3-7-11-16/h2-14H,1H3,(H2,20,21,22,25). The molecule has 0 radical (unpaired) electrons. The molecule has 0 saturated carbocycles. The van der Waals surface area contributed by atoms with E-state index in [4.69, 9.17) is 17.0 Å². The Balaban J connectivity index is 1.55. The van der Waals surface area contributed by atoms with Crippen LogP contribution in [0.25, 0.3) is 0 Å². The number of nitrogens with one attached hydrogen (secondary N) is 2. The van der Waals surface area contributed by atoms with Crippen LogP contribution in [-0.2, 0) is 0 Å². The molecule has 1 unspecified atom stereocenters. The molecule has 2 aromatic carbocycles. The van der Waals surface area contributed by atoms with Crippen molar-refractivity contribution in [2.45, 2.75) is 13.0 Å². The lowest BCUT2D eigenvalue weighted by Gasteiger charge is -2.16. The summed E-state index contributed by atoms with van der Waals surface area (Å²) >= 11 is 5.33. The lowest BCUT2D eigenvalue weighted by atomic mass is 10.1. The van der Waals surface area contributed by atoms with Gasteiger partial charge in [0.25, 0.3) is 0 Å². The Morgan fingerprint density at radius 2 is 1.60 bits per heavy atom. The predicted octanol–water partition coefficient (Wildman–Crippen LogP) is 4.32. The largest absolute Gasteiger partial charge is 0.438 e. The SMILES string of the molecule is CC(NC(=S)Nc1ccc(Oc2ccccc2)nn1)c1ccccc1. The smallest absolute Gasteiger partial charge is 0.238 e. The number of thiocarbonyl (C=S) groups is 1. The van der Waals surface area contributed by atoms with Crippen molar-refractivity contribution in [3.8, 4) is 11.6 Å². The minimum Gasteiger partial charge on any atom is -0.438 e. The van der Waals surface area contributed by atoms with E-state index >= 15 is 0 Å². The first kappa shape index (κ1) is 16.9. The van der Waals surface area contributed by atoms with Crippen molar-refractivity contribution in [1.29, 1.82) is 0 Å². The number of para-hydroxylation sites is 1. The van der Waals surface area contributed by atoms with E-state index in [-0.39, 0.29) is 6.04 Å². The van der Waals surface area contributed by atoms with Gasteiger partial charge < -0.3 is 15.4 Å².